The Morgan fingerprint density at radius 3 is 2.96 bits per heavy atom. The van der Waals surface area contributed by atoms with Gasteiger partial charge in [-0.3, -0.25) is 9.59 Å². The van der Waals surface area contributed by atoms with Gasteiger partial charge in [-0.05, 0) is 18.6 Å². The van der Waals surface area contributed by atoms with Gasteiger partial charge in [0.05, 0.1) is 0 Å². The standard InChI is InChI=1S/C18H22N4O2/c1-3-5-15-10-14(11-16(23)20-15)18(24)22-9-8-21(2)17-13(12-22)6-4-7-19-17/h4,6-7,10-11H,3,5,8-9,12H2,1-2H3,(H,20,23). The van der Waals surface area contributed by atoms with Crippen LogP contribution in [0.1, 0.15) is 35.0 Å². The molecule has 0 fully saturated rings. The minimum absolute atomic E-state index is 0.108. The van der Waals surface area contributed by atoms with Crippen LogP contribution in [0.2, 0.25) is 0 Å². The van der Waals surface area contributed by atoms with Crippen molar-refractivity contribution < 1.29 is 4.79 Å². The Hall–Kier alpha value is -2.63. The fourth-order valence-electron chi connectivity index (χ4n) is 3.04. The molecule has 0 aromatic carbocycles. The number of carbonyl (C=O) groups excluding carboxylic acids is 1. The van der Waals surface area contributed by atoms with Crippen molar-refractivity contribution in [1.29, 1.82) is 0 Å². The number of H-pyrrole nitrogens is 1. The molecule has 1 amide bonds. The molecule has 3 heterocycles. The number of carbonyl (C=O) groups is 1. The van der Waals surface area contributed by atoms with Crippen molar-refractivity contribution in [2.45, 2.75) is 26.3 Å². The van der Waals surface area contributed by atoms with Gasteiger partial charge in [0.2, 0.25) is 5.56 Å². The van der Waals surface area contributed by atoms with E-state index in [4.69, 9.17) is 0 Å². The fourth-order valence-corrected chi connectivity index (χ4v) is 3.04. The van der Waals surface area contributed by atoms with E-state index < -0.39 is 0 Å². The van der Waals surface area contributed by atoms with Crippen LogP contribution in [-0.4, -0.2) is 40.9 Å². The van der Waals surface area contributed by atoms with Crippen LogP contribution in [0, 0.1) is 0 Å². The number of amides is 1. The van der Waals surface area contributed by atoms with Crippen LogP contribution in [0.3, 0.4) is 0 Å². The highest BCUT2D eigenvalue weighted by atomic mass is 16.2. The lowest BCUT2D eigenvalue weighted by Crippen LogP contribution is -2.35. The zero-order valence-corrected chi connectivity index (χ0v) is 14.1. The summed E-state index contributed by atoms with van der Waals surface area (Å²) in [6, 6.07) is 7.06. The van der Waals surface area contributed by atoms with Gasteiger partial charge in [-0.25, -0.2) is 4.98 Å². The summed E-state index contributed by atoms with van der Waals surface area (Å²) in [6.07, 6.45) is 3.44. The third-order valence-electron chi connectivity index (χ3n) is 4.25. The quantitative estimate of drug-likeness (QED) is 0.934. The fraction of sp³-hybridized carbons (Fsp3) is 0.389. The summed E-state index contributed by atoms with van der Waals surface area (Å²) >= 11 is 0. The van der Waals surface area contributed by atoms with Gasteiger partial charge in [0.1, 0.15) is 5.82 Å². The smallest absolute Gasteiger partial charge is 0.254 e. The Balaban J connectivity index is 1.89. The molecule has 0 saturated heterocycles. The van der Waals surface area contributed by atoms with Crippen molar-refractivity contribution in [3.05, 3.63) is 57.6 Å². The van der Waals surface area contributed by atoms with Crippen molar-refractivity contribution >= 4 is 11.7 Å². The van der Waals surface area contributed by atoms with E-state index in [9.17, 15) is 9.59 Å². The lowest BCUT2D eigenvalue weighted by Gasteiger charge is -2.21. The number of nitrogens with one attached hydrogen (secondary N) is 1. The summed E-state index contributed by atoms with van der Waals surface area (Å²) in [7, 11) is 1.98. The molecule has 0 aliphatic carbocycles. The van der Waals surface area contributed by atoms with Gasteiger partial charge in [-0.1, -0.05) is 19.4 Å². The number of rotatable bonds is 3. The van der Waals surface area contributed by atoms with Gasteiger partial charge in [-0.2, -0.15) is 0 Å². The van der Waals surface area contributed by atoms with Crippen molar-refractivity contribution in [3.63, 3.8) is 0 Å². The Bertz CT molecular complexity index is 800. The molecule has 0 atom stereocenters. The number of pyridine rings is 2. The summed E-state index contributed by atoms with van der Waals surface area (Å²) in [6.45, 7) is 3.85. The third kappa shape index (κ3) is 3.32. The molecule has 1 N–H and O–H groups in total. The van der Waals surface area contributed by atoms with Crippen molar-refractivity contribution in [2.24, 2.45) is 0 Å². The first-order valence-corrected chi connectivity index (χ1v) is 8.26. The number of nitrogens with zero attached hydrogens (tertiary/aromatic N) is 3. The minimum atomic E-state index is -0.224. The van der Waals surface area contributed by atoms with Crippen LogP contribution in [-0.2, 0) is 13.0 Å². The summed E-state index contributed by atoms with van der Waals surface area (Å²) in [5.74, 6) is 0.800. The number of fused-ring (bicyclic) bond motifs is 1. The molecule has 2 aromatic heterocycles. The second kappa shape index (κ2) is 6.86. The van der Waals surface area contributed by atoms with E-state index in [0.717, 1.165) is 29.9 Å². The molecule has 0 unspecified atom stereocenters. The van der Waals surface area contributed by atoms with Gasteiger partial charge in [-0.15, -0.1) is 0 Å². The Kier molecular flexibility index (Phi) is 4.64. The van der Waals surface area contributed by atoms with E-state index in [1.165, 1.54) is 6.07 Å². The first-order valence-electron chi connectivity index (χ1n) is 8.26. The molecule has 2 aromatic rings. The molecule has 24 heavy (non-hydrogen) atoms. The molecule has 0 spiro atoms. The van der Waals surface area contributed by atoms with E-state index in [0.29, 0.717) is 25.2 Å². The number of aromatic amines is 1. The monoisotopic (exact) mass is 326 g/mol. The maximum atomic E-state index is 12.9. The normalized spacial score (nSPS) is 14.2. The van der Waals surface area contributed by atoms with E-state index in [-0.39, 0.29) is 11.5 Å². The molecule has 0 radical (unpaired) electrons. The van der Waals surface area contributed by atoms with Gasteiger partial charge in [0, 0.05) is 55.8 Å². The van der Waals surface area contributed by atoms with Crippen LogP contribution in [0.25, 0.3) is 0 Å². The summed E-state index contributed by atoms with van der Waals surface area (Å²) in [5, 5.41) is 0. The van der Waals surface area contributed by atoms with Crippen LogP contribution in [0.15, 0.2) is 35.3 Å². The summed E-state index contributed by atoms with van der Waals surface area (Å²) < 4.78 is 0. The van der Waals surface area contributed by atoms with Crippen molar-refractivity contribution in [1.82, 2.24) is 14.9 Å². The average Bonchev–Trinajstić information content (AvgIpc) is 2.74. The van der Waals surface area contributed by atoms with Gasteiger partial charge in [0.25, 0.3) is 5.91 Å². The highest BCUT2D eigenvalue weighted by molar-refractivity contribution is 5.94. The number of aryl methyl sites for hydroxylation is 1. The van der Waals surface area contributed by atoms with E-state index >= 15 is 0 Å². The number of likely N-dealkylation sites (N-methyl/N-ethyl adjacent to an activating group) is 1. The molecule has 6 heteroatoms. The maximum absolute atomic E-state index is 12.9. The first-order chi connectivity index (χ1) is 11.6. The van der Waals surface area contributed by atoms with E-state index in [1.54, 1.807) is 17.2 Å². The molecule has 1 aliphatic rings. The number of hydrogen-bond donors (Lipinski definition) is 1. The molecule has 0 saturated carbocycles. The Morgan fingerprint density at radius 2 is 2.17 bits per heavy atom. The highest BCUT2D eigenvalue weighted by Crippen LogP contribution is 2.22. The second-order valence-corrected chi connectivity index (χ2v) is 6.14. The largest absolute Gasteiger partial charge is 0.358 e. The molecular weight excluding hydrogens is 304 g/mol. The Morgan fingerprint density at radius 1 is 1.33 bits per heavy atom. The molecule has 6 nitrogen and oxygen atoms in total. The predicted molar refractivity (Wildman–Crippen MR) is 93.3 cm³/mol. The topological polar surface area (TPSA) is 69.3 Å². The highest BCUT2D eigenvalue weighted by Gasteiger charge is 2.23. The number of hydrogen-bond acceptors (Lipinski definition) is 4. The van der Waals surface area contributed by atoms with Crippen LogP contribution in [0.5, 0.6) is 0 Å². The molecule has 0 bridgehead atoms. The maximum Gasteiger partial charge on any atom is 0.254 e. The lowest BCUT2D eigenvalue weighted by molar-refractivity contribution is 0.0751. The average molecular weight is 326 g/mol. The summed E-state index contributed by atoms with van der Waals surface area (Å²) in [5.41, 5.74) is 2.06. The first kappa shape index (κ1) is 16.2. The van der Waals surface area contributed by atoms with Gasteiger partial charge in [0.15, 0.2) is 0 Å². The van der Waals surface area contributed by atoms with Crippen LogP contribution in [0.4, 0.5) is 5.82 Å². The molecule has 126 valence electrons. The SMILES string of the molecule is CCCc1cc(C(=O)N2CCN(C)c3ncccc3C2)cc(=O)[nH]1. The minimum Gasteiger partial charge on any atom is -0.358 e. The molecule has 1 aliphatic heterocycles. The third-order valence-corrected chi connectivity index (χ3v) is 4.25. The van der Waals surface area contributed by atoms with Crippen molar-refractivity contribution in [2.75, 3.05) is 25.0 Å². The second-order valence-electron chi connectivity index (χ2n) is 6.14. The predicted octanol–water partition coefficient (Wildman–Crippen LogP) is 1.81. The zero-order valence-electron chi connectivity index (χ0n) is 14.1. The lowest BCUT2D eigenvalue weighted by atomic mass is 10.1. The Labute approximate surface area is 141 Å². The van der Waals surface area contributed by atoms with Crippen LogP contribution < -0.4 is 10.5 Å². The number of anilines is 1. The van der Waals surface area contributed by atoms with Crippen molar-refractivity contribution in [3.8, 4) is 0 Å². The van der Waals surface area contributed by atoms with Crippen LogP contribution >= 0.6 is 0 Å². The van der Waals surface area contributed by atoms with Gasteiger partial charge >= 0.3 is 0 Å². The molecular formula is C18H22N4O2. The zero-order chi connectivity index (χ0) is 17.1. The van der Waals surface area contributed by atoms with E-state index in [2.05, 4.69) is 14.9 Å². The summed E-state index contributed by atoms with van der Waals surface area (Å²) in [4.78, 5) is 35.8. The number of aromatic nitrogens is 2. The molecule has 3 rings (SSSR count). The van der Waals surface area contributed by atoms with Gasteiger partial charge < -0.3 is 14.8 Å². The van der Waals surface area contributed by atoms with E-state index in [1.807, 2.05) is 26.1 Å².